The number of hydrogen-bond acceptors (Lipinski definition) is 3. The van der Waals surface area contributed by atoms with Crippen molar-refractivity contribution >= 4 is 24.8 Å². The van der Waals surface area contributed by atoms with Gasteiger partial charge in [-0.25, -0.2) is 4.39 Å². The van der Waals surface area contributed by atoms with Crippen LogP contribution in [0.25, 0.3) is 0 Å². The number of nitrogens with zero attached hydrogens (tertiary/aromatic N) is 1. The van der Waals surface area contributed by atoms with Crippen molar-refractivity contribution in [1.29, 1.82) is 0 Å². The first-order valence-corrected chi connectivity index (χ1v) is 7.99. The summed E-state index contributed by atoms with van der Waals surface area (Å²) in [6.07, 6.45) is -4.73. The van der Waals surface area contributed by atoms with E-state index in [9.17, 15) is 17.6 Å². The maximum absolute atomic E-state index is 14.4. The van der Waals surface area contributed by atoms with E-state index >= 15 is 0 Å². The van der Waals surface area contributed by atoms with Crippen LogP contribution in [0.15, 0.2) is 48.5 Å². The van der Waals surface area contributed by atoms with Crippen molar-refractivity contribution in [2.24, 2.45) is 0 Å². The van der Waals surface area contributed by atoms with E-state index in [0.717, 1.165) is 31.7 Å². The fourth-order valence-electron chi connectivity index (χ4n) is 3.08. The van der Waals surface area contributed by atoms with Crippen LogP contribution in [0.1, 0.15) is 17.2 Å². The van der Waals surface area contributed by atoms with Crippen molar-refractivity contribution in [3.05, 3.63) is 65.5 Å². The second kappa shape index (κ2) is 10.1. The van der Waals surface area contributed by atoms with Crippen molar-refractivity contribution in [3.8, 4) is 5.75 Å². The standard InChI is InChI=1S/C18H18F4N2O.2ClH/c19-16-4-2-1-3-15(16)17(24-11-9-23-10-12-24)13-5-7-14(8-6-13)25-18(20,21)22;;/h1-8,17,23H,9-12H2;2*1H/t17-;;/m0../s1. The van der Waals surface area contributed by atoms with Crippen LogP contribution in [0.3, 0.4) is 0 Å². The number of benzene rings is 2. The molecule has 9 heteroatoms. The summed E-state index contributed by atoms with van der Waals surface area (Å²) >= 11 is 0. The molecule has 3 nitrogen and oxygen atoms in total. The van der Waals surface area contributed by atoms with Gasteiger partial charge in [0, 0.05) is 31.7 Å². The van der Waals surface area contributed by atoms with E-state index < -0.39 is 6.36 Å². The van der Waals surface area contributed by atoms with E-state index in [4.69, 9.17) is 0 Å². The van der Waals surface area contributed by atoms with Crippen LogP contribution in [0.2, 0.25) is 0 Å². The fourth-order valence-corrected chi connectivity index (χ4v) is 3.08. The minimum atomic E-state index is -4.73. The van der Waals surface area contributed by atoms with E-state index in [0.29, 0.717) is 5.56 Å². The predicted molar refractivity (Wildman–Crippen MR) is 100 cm³/mol. The highest BCUT2D eigenvalue weighted by Crippen LogP contribution is 2.32. The van der Waals surface area contributed by atoms with Crippen LogP contribution < -0.4 is 10.1 Å². The Balaban J connectivity index is 0.00000182. The molecule has 3 rings (SSSR count). The van der Waals surface area contributed by atoms with Gasteiger partial charge in [-0.1, -0.05) is 30.3 Å². The van der Waals surface area contributed by atoms with Crippen LogP contribution in [-0.2, 0) is 0 Å². The number of rotatable bonds is 4. The minimum absolute atomic E-state index is 0. The van der Waals surface area contributed by atoms with Crippen LogP contribution >= 0.6 is 24.8 Å². The maximum atomic E-state index is 14.4. The Morgan fingerprint density at radius 3 is 2.07 bits per heavy atom. The SMILES string of the molecule is Cl.Cl.Fc1ccccc1[C@H](c1ccc(OC(F)(F)F)cc1)N1CCNCC1. The number of piperazine rings is 1. The lowest BCUT2D eigenvalue weighted by atomic mass is 9.96. The summed E-state index contributed by atoms with van der Waals surface area (Å²) in [7, 11) is 0. The van der Waals surface area contributed by atoms with Gasteiger partial charge in [-0.2, -0.15) is 0 Å². The van der Waals surface area contributed by atoms with Gasteiger partial charge < -0.3 is 10.1 Å². The molecule has 0 saturated carbocycles. The van der Waals surface area contributed by atoms with Gasteiger partial charge in [0.1, 0.15) is 11.6 Å². The number of ether oxygens (including phenoxy) is 1. The quantitative estimate of drug-likeness (QED) is 0.725. The zero-order valence-corrected chi connectivity index (χ0v) is 15.8. The minimum Gasteiger partial charge on any atom is -0.406 e. The Kier molecular flexibility index (Phi) is 8.81. The van der Waals surface area contributed by atoms with Crippen molar-refractivity contribution < 1.29 is 22.3 Å². The summed E-state index contributed by atoms with van der Waals surface area (Å²) in [5.74, 6) is -0.620. The monoisotopic (exact) mass is 426 g/mol. The maximum Gasteiger partial charge on any atom is 0.573 e. The number of halogens is 6. The molecule has 1 fully saturated rings. The zero-order valence-electron chi connectivity index (χ0n) is 14.2. The third-order valence-electron chi connectivity index (χ3n) is 4.15. The molecule has 0 bridgehead atoms. The van der Waals surface area contributed by atoms with Crippen molar-refractivity contribution in [2.75, 3.05) is 26.2 Å². The Bertz CT molecular complexity index is 707. The van der Waals surface area contributed by atoms with Crippen molar-refractivity contribution in [1.82, 2.24) is 10.2 Å². The molecule has 150 valence electrons. The molecule has 0 spiro atoms. The molecule has 0 radical (unpaired) electrons. The zero-order chi connectivity index (χ0) is 17.9. The summed E-state index contributed by atoms with van der Waals surface area (Å²) in [4.78, 5) is 2.12. The first kappa shape index (κ1) is 23.5. The molecule has 1 atom stereocenters. The van der Waals surface area contributed by atoms with Gasteiger partial charge in [0.25, 0.3) is 0 Å². The van der Waals surface area contributed by atoms with Gasteiger partial charge in [0.2, 0.25) is 0 Å². The van der Waals surface area contributed by atoms with E-state index in [2.05, 4.69) is 15.0 Å². The lowest BCUT2D eigenvalue weighted by Crippen LogP contribution is -2.45. The number of alkyl halides is 3. The van der Waals surface area contributed by atoms with Gasteiger partial charge in [-0.15, -0.1) is 38.0 Å². The molecular formula is C18H20Cl2F4N2O. The molecule has 0 unspecified atom stereocenters. The highest BCUT2D eigenvalue weighted by molar-refractivity contribution is 5.85. The summed E-state index contributed by atoms with van der Waals surface area (Å²) in [5, 5.41) is 3.24. The van der Waals surface area contributed by atoms with Crippen LogP contribution in [0, 0.1) is 5.82 Å². The third kappa shape index (κ3) is 6.24. The topological polar surface area (TPSA) is 24.5 Å². The molecule has 1 N–H and O–H groups in total. The highest BCUT2D eigenvalue weighted by atomic mass is 35.5. The molecule has 1 aliphatic heterocycles. The smallest absolute Gasteiger partial charge is 0.406 e. The highest BCUT2D eigenvalue weighted by Gasteiger charge is 2.31. The van der Waals surface area contributed by atoms with Gasteiger partial charge in [-0.05, 0) is 23.8 Å². The van der Waals surface area contributed by atoms with E-state index in [-0.39, 0.29) is 42.4 Å². The Hall–Kier alpha value is -1.54. The van der Waals surface area contributed by atoms with Gasteiger partial charge in [-0.3, -0.25) is 4.90 Å². The molecule has 1 saturated heterocycles. The van der Waals surface area contributed by atoms with Gasteiger partial charge in [0.05, 0.1) is 6.04 Å². The second-order valence-electron chi connectivity index (χ2n) is 5.83. The molecule has 0 aromatic heterocycles. The molecule has 2 aromatic rings. The predicted octanol–water partition coefficient (Wildman–Crippen LogP) is 4.56. The summed E-state index contributed by atoms with van der Waals surface area (Å²) in [6.45, 7) is 3.00. The fraction of sp³-hybridized carbons (Fsp3) is 0.333. The van der Waals surface area contributed by atoms with Crippen molar-refractivity contribution in [3.63, 3.8) is 0 Å². The number of hydrogen-bond donors (Lipinski definition) is 1. The lowest BCUT2D eigenvalue weighted by Gasteiger charge is -2.35. The molecule has 1 aliphatic rings. The van der Waals surface area contributed by atoms with Crippen LogP contribution in [0.5, 0.6) is 5.75 Å². The summed E-state index contributed by atoms with van der Waals surface area (Å²) in [6, 6.07) is 11.8. The Labute approximate surface area is 167 Å². The van der Waals surface area contributed by atoms with Gasteiger partial charge >= 0.3 is 6.36 Å². The summed E-state index contributed by atoms with van der Waals surface area (Å²) in [5.41, 5.74) is 1.23. The molecule has 2 aromatic carbocycles. The molecule has 1 heterocycles. The Morgan fingerprint density at radius 1 is 0.926 bits per heavy atom. The van der Waals surface area contributed by atoms with Crippen LogP contribution in [0.4, 0.5) is 17.6 Å². The third-order valence-corrected chi connectivity index (χ3v) is 4.15. The first-order chi connectivity index (χ1) is 11.9. The first-order valence-electron chi connectivity index (χ1n) is 7.99. The largest absolute Gasteiger partial charge is 0.573 e. The van der Waals surface area contributed by atoms with Gasteiger partial charge in [0.15, 0.2) is 0 Å². The second-order valence-corrected chi connectivity index (χ2v) is 5.83. The van der Waals surface area contributed by atoms with Crippen LogP contribution in [-0.4, -0.2) is 37.4 Å². The Morgan fingerprint density at radius 2 is 1.52 bits per heavy atom. The molecule has 0 amide bonds. The number of nitrogens with one attached hydrogen (secondary N) is 1. The molecule has 27 heavy (non-hydrogen) atoms. The van der Waals surface area contributed by atoms with E-state index in [1.807, 2.05) is 0 Å². The normalized spacial score (nSPS) is 16.0. The molecule has 0 aliphatic carbocycles. The lowest BCUT2D eigenvalue weighted by molar-refractivity contribution is -0.274. The van der Waals surface area contributed by atoms with Crippen molar-refractivity contribution in [2.45, 2.75) is 12.4 Å². The average Bonchev–Trinajstić information content (AvgIpc) is 2.58. The summed E-state index contributed by atoms with van der Waals surface area (Å²) < 4.78 is 55.2. The van der Waals surface area contributed by atoms with E-state index in [1.165, 1.54) is 18.2 Å². The molecular weight excluding hydrogens is 407 g/mol. The average molecular weight is 427 g/mol. The van der Waals surface area contributed by atoms with E-state index in [1.54, 1.807) is 30.3 Å².